The van der Waals surface area contributed by atoms with Gasteiger partial charge in [-0.3, -0.25) is 4.98 Å². The maximum absolute atomic E-state index is 4.05. The summed E-state index contributed by atoms with van der Waals surface area (Å²) in [4.78, 5) is 4.05. The number of aromatic nitrogens is 1. The summed E-state index contributed by atoms with van der Waals surface area (Å²) in [5, 5.41) is 3.55. The SMILES string of the molecule is CCCSCC(Cc1ccncc1)NCC. The molecule has 0 saturated carbocycles. The van der Waals surface area contributed by atoms with Crippen LogP contribution in [0.1, 0.15) is 25.8 Å². The van der Waals surface area contributed by atoms with Crippen LogP contribution in [0.25, 0.3) is 0 Å². The smallest absolute Gasteiger partial charge is 0.0270 e. The number of nitrogens with one attached hydrogen (secondary N) is 1. The van der Waals surface area contributed by atoms with Gasteiger partial charge in [0, 0.05) is 24.2 Å². The Balaban J connectivity index is 2.38. The molecule has 2 nitrogen and oxygen atoms in total. The number of rotatable bonds is 8. The highest BCUT2D eigenvalue weighted by molar-refractivity contribution is 7.99. The summed E-state index contributed by atoms with van der Waals surface area (Å²) in [6.07, 6.45) is 6.11. The van der Waals surface area contributed by atoms with E-state index >= 15 is 0 Å². The molecule has 0 saturated heterocycles. The van der Waals surface area contributed by atoms with Gasteiger partial charge in [0.1, 0.15) is 0 Å². The van der Waals surface area contributed by atoms with Gasteiger partial charge in [-0.15, -0.1) is 0 Å². The Hall–Kier alpha value is -0.540. The molecule has 1 rings (SSSR count). The zero-order valence-electron chi connectivity index (χ0n) is 10.3. The topological polar surface area (TPSA) is 24.9 Å². The molecule has 16 heavy (non-hydrogen) atoms. The van der Waals surface area contributed by atoms with Crippen LogP contribution < -0.4 is 5.32 Å². The van der Waals surface area contributed by atoms with E-state index in [0.29, 0.717) is 6.04 Å². The molecule has 0 aromatic carbocycles. The van der Waals surface area contributed by atoms with E-state index < -0.39 is 0 Å². The van der Waals surface area contributed by atoms with E-state index in [-0.39, 0.29) is 0 Å². The van der Waals surface area contributed by atoms with Gasteiger partial charge in [-0.1, -0.05) is 13.8 Å². The zero-order chi connectivity index (χ0) is 11.6. The fraction of sp³-hybridized carbons (Fsp3) is 0.615. The van der Waals surface area contributed by atoms with E-state index in [0.717, 1.165) is 13.0 Å². The third-order valence-electron chi connectivity index (χ3n) is 2.39. The number of nitrogens with zero attached hydrogens (tertiary/aromatic N) is 1. The molecule has 1 atom stereocenters. The van der Waals surface area contributed by atoms with Gasteiger partial charge in [-0.05, 0) is 42.8 Å². The van der Waals surface area contributed by atoms with Gasteiger partial charge in [0.15, 0.2) is 0 Å². The normalized spacial score (nSPS) is 12.6. The molecule has 0 amide bonds. The lowest BCUT2D eigenvalue weighted by molar-refractivity contribution is 0.572. The number of hydrogen-bond acceptors (Lipinski definition) is 3. The molecule has 90 valence electrons. The summed E-state index contributed by atoms with van der Waals surface area (Å²) in [5.41, 5.74) is 1.37. The van der Waals surface area contributed by atoms with E-state index in [1.807, 2.05) is 24.2 Å². The van der Waals surface area contributed by atoms with Crippen LogP contribution in [0.4, 0.5) is 0 Å². The molecule has 1 heterocycles. The van der Waals surface area contributed by atoms with Crippen LogP contribution in [0.5, 0.6) is 0 Å². The summed E-state index contributed by atoms with van der Waals surface area (Å²) in [5.74, 6) is 2.46. The molecule has 1 unspecified atom stereocenters. The summed E-state index contributed by atoms with van der Waals surface area (Å²) < 4.78 is 0. The molecule has 1 aromatic heterocycles. The van der Waals surface area contributed by atoms with Crippen LogP contribution in [-0.4, -0.2) is 29.1 Å². The number of thioether (sulfide) groups is 1. The minimum Gasteiger partial charge on any atom is -0.313 e. The van der Waals surface area contributed by atoms with Crippen LogP contribution in [0.15, 0.2) is 24.5 Å². The number of pyridine rings is 1. The Bertz CT molecular complexity index is 264. The summed E-state index contributed by atoms with van der Waals surface area (Å²) in [7, 11) is 0. The lowest BCUT2D eigenvalue weighted by atomic mass is 10.1. The van der Waals surface area contributed by atoms with Gasteiger partial charge in [0.25, 0.3) is 0 Å². The molecule has 0 fully saturated rings. The van der Waals surface area contributed by atoms with Crippen LogP contribution in [0.3, 0.4) is 0 Å². The first-order valence-electron chi connectivity index (χ1n) is 6.06. The van der Waals surface area contributed by atoms with E-state index in [1.165, 1.54) is 23.5 Å². The number of hydrogen-bond donors (Lipinski definition) is 1. The van der Waals surface area contributed by atoms with Crippen LogP contribution in [-0.2, 0) is 6.42 Å². The monoisotopic (exact) mass is 238 g/mol. The van der Waals surface area contributed by atoms with Crippen molar-refractivity contribution < 1.29 is 0 Å². The van der Waals surface area contributed by atoms with Crippen molar-refractivity contribution in [2.24, 2.45) is 0 Å². The quantitative estimate of drug-likeness (QED) is 0.705. The first kappa shape index (κ1) is 13.5. The Kier molecular flexibility index (Phi) is 7.26. The first-order valence-corrected chi connectivity index (χ1v) is 7.22. The lowest BCUT2D eigenvalue weighted by Gasteiger charge is -2.17. The van der Waals surface area contributed by atoms with Crippen LogP contribution >= 0.6 is 11.8 Å². The van der Waals surface area contributed by atoms with E-state index in [4.69, 9.17) is 0 Å². The summed E-state index contributed by atoms with van der Waals surface area (Å²) in [6, 6.07) is 4.80. The molecule has 0 radical (unpaired) electrons. The second-order valence-electron chi connectivity index (χ2n) is 3.89. The number of likely N-dealkylation sites (N-methyl/N-ethyl adjacent to an activating group) is 1. The van der Waals surface area contributed by atoms with E-state index in [9.17, 15) is 0 Å². The van der Waals surface area contributed by atoms with E-state index in [1.54, 1.807) is 0 Å². The predicted octanol–water partition coefficient (Wildman–Crippen LogP) is 2.75. The molecule has 0 bridgehead atoms. The Morgan fingerprint density at radius 2 is 2.06 bits per heavy atom. The van der Waals surface area contributed by atoms with Crippen molar-refractivity contribution in [3.05, 3.63) is 30.1 Å². The Labute approximate surface area is 103 Å². The minimum atomic E-state index is 0.587. The van der Waals surface area contributed by atoms with Crippen molar-refractivity contribution in [3.8, 4) is 0 Å². The maximum Gasteiger partial charge on any atom is 0.0270 e. The molecule has 3 heteroatoms. The molecule has 0 spiro atoms. The second kappa shape index (κ2) is 8.59. The molecule has 1 N–H and O–H groups in total. The van der Waals surface area contributed by atoms with Gasteiger partial charge >= 0.3 is 0 Å². The highest BCUT2D eigenvalue weighted by Crippen LogP contribution is 2.09. The second-order valence-corrected chi connectivity index (χ2v) is 5.04. The van der Waals surface area contributed by atoms with Gasteiger partial charge in [-0.2, -0.15) is 11.8 Å². The fourth-order valence-electron chi connectivity index (χ4n) is 1.65. The maximum atomic E-state index is 4.05. The average Bonchev–Trinajstić information content (AvgIpc) is 2.31. The van der Waals surface area contributed by atoms with Crippen LogP contribution in [0.2, 0.25) is 0 Å². The van der Waals surface area contributed by atoms with Gasteiger partial charge < -0.3 is 5.32 Å². The van der Waals surface area contributed by atoms with Crippen molar-refractivity contribution in [2.45, 2.75) is 32.7 Å². The van der Waals surface area contributed by atoms with Gasteiger partial charge in [0.05, 0.1) is 0 Å². The van der Waals surface area contributed by atoms with Crippen molar-refractivity contribution in [1.82, 2.24) is 10.3 Å². The molecule has 0 aliphatic carbocycles. The molecule has 0 aliphatic rings. The molecular formula is C13H22N2S. The zero-order valence-corrected chi connectivity index (χ0v) is 11.1. The molecular weight excluding hydrogens is 216 g/mol. The summed E-state index contributed by atoms with van der Waals surface area (Å²) in [6.45, 7) is 5.45. The van der Waals surface area contributed by atoms with Crippen molar-refractivity contribution in [2.75, 3.05) is 18.1 Å². The Morgan fingerprint density at radius 1 is 1.31 bits per heavy atom. The highest BCUT2D eigenvalue weighted by Gasteiger charge is 2.07. The van der Waals surface area contributed by atoms with Crippen molar-refractivity contribution >= 4 is 11.8 Å². The highest BCUT2D eigenvalue weighted by atomic mass is 32.2. The molecule has 0 aliphatic heterocycles. The largest absolute Gasteiger partial charge is 0.313 e. The third-order valence-corrected chi connectivity index (χ3v) is 3.73. The van der Waals surface area contributed by atoms with E-state index in [2.05, 4.69) is 36.3 Å². The van der Waals surface area contributed by atoms with Gasteiger partial charge in [0.2, 0.25) is 0 Å². The Morgan fingerprint density at radius 3 is 2.69 bits per heavy atom. The lowest BCUT2D eigenvalue weighted by Crippen LogP contribution is -2.33. The van der Waals surface area contributed by atoms with Crippen LogP contribution in [0, 0.1) is 0 Å². The predicted molar refractivity (Wildman–Crippen MR) is 73.0 cm³/mol. The minimum absolute atomic E-state index is 0.587. The third kappa shape index (κ3) is 5.52. The molecule has 1 aromatic rings. The summed E-state index contributed by atoms with van der Waals surface area (Å²) >= 11 is 2.04. The first-order chi connectivity index (χ1) is 7.86. The van der Waals surface area contributed by atoms with Crippen molar-refractivity contribution in [1.29, 1.82) is 0 Å². The van der Waals surface area contributed by atoms with Crippen molar-refractivity contribution in [3.63, 3.8) is 0 Å². The fourth-order valence-corrected chi connectivity index (χ4v) is 2.63. The standard InChI is InChI=1S/C13H22N2S/c1-3-9-16-11-13(15-4-2)10-12-5-7-14-8-6-12/h5-8,13,15H,3-4,9-11H2,1-2H3. The average molecular weight is 238 g/mol. The van der Waals surface area contributed by atoms with Gasteiger partial charge in [-0.25, -0.2) is 0 Å².